The Morgan fingerprint density at radius 2 is 1.67 bits per heavy atom. The van der Waals surface area contributed by atoms with Gasteiger partial charge in [-0.2, -0.15) is 0 Å². The molecule has 4 nitrogen and oxygen atoms in total. The van der Waals surface area contributed by atoms with E-state index in [1.165, 1.54) is 6.08 Å². The number of carbonyl (C=O) groups excluding carboxylic acids is 2. The van der Waals surface area contributed by atoms with Gasteiger partial charge in [0.25, 0.3) is 0 Å². The van der Waals surface area contributed by atoms with Crippen LogP contribution in [0.1, 0.15) is 48.5 Å². The fourth-order valence-electron chi connectivity index (χ4n) is 1.32. The predicted molar refractivity (Wildman–Crippen MR) is 72.0 cm³/mol. The van der Waals surface area contributed by atoms with Crippen molar-refractivity contribution in [3.05, 3.63) is 11.6 Å². The van der Waals surface area contributed by atoms with Crippen LogP contribution in [0, 0.1) is 5.92 Å². The van der Waals surface area contributed by atoms with Crippen molar-refractivity contribution >= 4 is 11.9 Å². The van der Waals surface area contributed by atoms with Crippen LogP contribution >= 0.6 is 0 Å². The van der Waals surface area contributed by atoms with Crippen LogP contribution in [0.5, 0.6) is 0 Å². The van der Waals surface area contributed by atoms with E-state index >= 15 is 0 Å². The monoisotopic (exact) mass is 255 g/mol. The average Bonchev–Trinajstić information content (AvgIpc) is 2.09. The van der Waals surface area contributed by atoms with Crippen LogP contribution in [-0.4, -0.2) is 23.5 Å². The van der Waals surface area contributed by atoms with E-state index in [0.29, 0.717) is 0 Å². The van der Waals surface area contributed by atoms with Gasteiger partial charge in [-0.05, 0) is 40.5 Å². The predicted octanol–water partition coefficient (Wildman–Crippen LogP) is 2.44. The first-order chi connectivity index (χ1) is 8.03. The molecule has 18 heavy (non-hydrogen) atoms. The van der Waals surface area contributed by atoms with Crippen molar-refractivity contribution < 1.29 is 14.3 Å². The molecule has 0 heterocycles. The third-order valence-electron chi connectivity index (χ3n) is 2.04. The minimum Gasteiger partial charge on any atom is -0.458 e. The molecule has 0 bridgehead atoms. The number of hydrogen-bond acceptors (Lipinski definition) is 3. The summed E-state index contributed by atoms with van der Waals surface area (Å²) < 4.78 is 5.29. The maximum atomic E-state index is 12.0. The minimum absolute atomic E-state index is 0.0191. The highest BCUT2D eigenvalue weighted by Crippen LogP contribution is 2.12. The number of rotatable bonds is 4. The summed E-state index contributed by atoms with van der Waals surface area (Å²) in [6, 6.07) is -0.618. The van der Waals surface area contributed by atoms with Gasteiger partial charge in [0.2, 0.25) is 5.91 Å². The Morgan fingerprint density at radius 1 is 1.17 bits per heavy atom. The number of carbonyl (C=O) groups is 2. The summed E-state index contributed by atoms with van der Waals surface area (Å²) in [6.07, 6.45) is 1.47. The number of hydrogen-bond donors (Lipinski definition) is 1. The van der Waals surface area contributed by atoms with Crippen LogP contribution in [0.4, 0.5) is 0 Å². The number of nitrogens with one attached hydrogen (secondary N) is 1. The fraction of sp³-hybridized carbons (Fsp3) is 0.714. The van der Waals surface area contributed by atoms with Gasteiger partial charge < -0.3 is 10.1 Å². The van der Waals surface area contributed by atoms with E-state index in [1.54, 1.807) is 20.8 Å². The van der Waals surface area contributed by atoms with Gasteiger partial charge in [-0.15, -0.1) is 0 Å². The van der Waals surface area contributed by atoms with Crippen LogP contribution in [0.2, 0.25) is 0 Å². The van der Waals surface area contributed by atoms with Crippen molar-refractivity contribution in [2.24, 2.45) is 5.92 Å². The van der Waals surface area contributed by atoms with Gasteiger partial charge >= 0.3 is 5.97 Å². The van der Waals surface area contributed by atoms with E-state index in [2.05, 4.69) is 5.32 Å². The molecule has 0 aromatic carbocycles. The zero-order valence-corrected chi connectivity index (χ0v) is 12.5. The van der Waals surface area contributed by atoms with E-state index in [1.807, 2.05) is 27.7 Å². The molecule has 0 aliphatic rings. The molecule has 0 saturated heterocycles. The molecule has 0 fully saturated rings. The average molecular weight is 255 g/mol. The lowest BCUT2D eigenvalue weighted by molar-refractivity contribution is -0.159. The Kier molecular flexibility index (Phi) is 6.09. The topological polar surface area (TPSA) is 55.4 Å². The third kappa shape index (κ3) is 7.09. The van der Waals surface area contributed by atoms with Gasteiger partial charge in [-0.1, -0.05) is 19.4 Å². The Balaban J connectivity index is 4.73. The first kappa shape index (κ1) is 16.7. The molecule has 0 aliphatic heterocycles. The SMILES string of the molecule is CC(C)=CC(=O)N[C@@H](C(=O)OC(C)(C)C)C(C)C. The highest BCUT2D eigenvalue weighted by Gasteiger charge is 2.28. The summed E-state index contributed by atoms with van der Waals surface area (Å²) in [4.78, 5) is 23.6. The van der Waals surface area contributed by atoms with Crippen molar-refractivity contribution in [3.8, 4) is 0 Å². The van der Waals surface area contributed by atoms with E-state index < -0.39 is 17.6 Å². The van der Waals surface area contributed by atoms with Crippen molar-refractivity contribution in [2.45, 2.75) is 60.1 Å². The van der Waals surface area contributed by atoms with Gasteiger partial charge in [-0.25, -0.2) is 4.79 Å². The molecule has 0 aliphatic carbocycles. The fourth-order valence-corrected chi connectivity index (χ4v) is 1.32. The van der Waals surface area contributed by atoms with Gasteiger partial charge in [0.1, 0.15) is 11.6 Å². The second-order valence-electron chi connectivity index (χ2n) is 5.99. The molecular formula is C14H25NO3. The van der Waals surface area contributed by atoms with Crippen LogP contribution in [0.15, 0.2) is 11.6 Å². The second kappa shape index (κ2) is 6.57. The summed E-state index contributed by atoms with van der Waals surface area (Å²) in [5.74, 6) is -0.679. The lowest BCUT2D eigenvalue weighted by atomic mass is 10.0. The number of ether oxygens (including phenoxy) is 1. The first-order valence-electron chi connectivity index (χ1n) is 6.21. The van der Waals surface area contributed by atoms with Gasteiger partial charge in [0.15, 0.2) is 0 Å². The molecule has 104 valence electrons. The summed E-state index contributed by atoms with van der Waals surface area (Å²) in [5.41, 5.74) is 0.338. The summed E-state index contributed by atoms with van der Waals surface area (Å²) in [6.45, 7) is 12.8. The van der Waals surface area contributed by atoms with Crippen LogP contribution in [0.3, 0.4) is 0 Å². The third-order valence-corrected chi connectivity index (χ3v) is 2.04. The lowest BCUT2D eigenvalue weighted by Crippen LogP contribution is -2.46. The van der Waals surface area contributed by atoms with Gasteiger partial charge in [0.05, 0.1) is 0 Å². The molecule has 0 saturated carbocycles. The standard InChI is InChI=1S/C14H25NO3/c1-9(2)8-11(16)15-12(10(3)4)13(17)18-14(5,6)7/h8,10,12H,1-7H3,(H,15,16)/t12-/m1/s1. The Bertz CT molecular complexity index is 333. The molecule has 4 heteroatoms. The molecule has 0 radical (unpaired) electrons. The maximum Gasteiger partial charge on any atom is 0.329 e. The number of amides is 1. The smallest absolute Gasteiger partial charge is 0.329 e. The molecule has 0 rings (SSSR count). The second-order valence-corrected chi connectivity index (χ2v) is 5.99. The van der Waals surface area contributed by atoms with Crippen LogP contribution < -0.4 is 5.32 Å². The molecule has 1 N–H and O–H groups in total. The Morgan fingerprint density at radius 3 is 2.00 bits per heavy atom. The molecule has 0 unspecified atom stereocenters. The van der Waals surface area contributed by atoms with E-state index in [-0.39, 0.29) is 11.8 Å². The molecule has 1 amide bonds. The Labute approximate surface area is 110 Å². The molecule has 0 aromatic heterocycles. The molecule has 1 atom stereocenters. The van der Waals surface area contributed by atoms with Gasteiger partial charge in [0, 0.05) is 6.08 Å². The van der Waals surface area contributed by atoms with Crippen molar-refractivity contribution in [1.29, 1.82) is 0 Å². The highest BCUT2D eigenvalue weighted by atomic mass is 16.6. The summed E-state index contributed by atoms with van der Waals surface area (Å²) >= 11 is 0. The normalized spacial score (nSPS) is 12.9. The van der Waals surface area contributed by atoms with Gasteiger partial charge in [-0.3, -0.25) is 4.79 Å². The van der Waals surface area contributed by atoms with Crippen molar-refractivity contribution in [1.82, 2.24) is 5.32 Å². The van der Waals surface area contributed by atoms with Crippen LogP contribution in [0.25, 0.3) is 0 Å². The number of allylic oxidation sites excluding steroid dienone is 1. The lowest BCUT2D eigenvalue weighted by Gasteiger charge is -2.26. The summed E-state index contributed by atoms with van der Waals surface area (Å²) in [5, 5.41) is 2.68. The minimum atomic E-state index is -0.618. The van der Waals surface area contributed by atoms with Crippen molar-refractivity contribution in [3.63, 3.8) is 0 Å². The molecule has 0 spiro atoms. The van der Waals surface area contributed by atoms with Crippen LogP contribution in [-0.2, 0) is 14.3 Å². The van der Waals surface area contributed by atoms with Crippen molar-refractivity contribution in [2.75, 3.05) is 0 Å². The highest BCUT2D eigenvalue weighted by molar-refractivity contribution is 5.92. The molecular weight excluding hydrogens is 230 g/mol. The number of esters is 1. The molecule has 0 aromatic rings. The van der Waals surface area contributed by atoms with E-state index in [4.69, 9.17) is 4.74 Å². The zero-order chi connectivity index (χ0) is 14.5. The largest absolute Gasteiger partial charge is 0.458 e. The maximum absolute atomic E-state index is 12.0. The summed E-state index contributed by atoms with van der Waals surface area (Å²) in [7, 11) is 0. The Hall–Kier alpha value is -1.32. The quantitative estimate of drug-likeness (QED) is 0.620. The van der Waals surface area contributed by atoms with E-state index in [9.17, 15) is 9.59 Å². The van der Waals surface area contributed by atoms with E-state index in [0.717, 1.165) is 5.57 Å². The first-order valence-corrected chi connectivity index (χ1v) is 6.21. The zero-order valence-electron chi connectivity index (χ0n) is 12.5.